The first kappa shape index (κ1) is 13.8. The fourth-order valence-corrected chi connectivity index (χ4v) is 2.35. The second kappa shape index (κ2) is 6.52. The highest BCUT2D eigenvalue weighted by molar-refractivity contribution is 9.10. The molecule has 0 unspecified atom stereocenters. The first-order valence-corrected chi connectivity index (χ1v) is 6.97. The third-order valence-electron chi connectivity index (χ3n) is 3.03. The number of carbonyl (C=O) groups excluding carboxylic acids is 2. The van der Waals surface area contributed by atoms with Crippen LogP contribution < -0.4 is 10.9 Å². The Balaban J connectivity index is 1.86. The van der Waals surface area contributed by atoms with Crippen molar-refractivity contribution in [1.29, 1.82) is 0 Å². The highest BCUT2D eigenvalue weighted by atomic mass is 79.9. The van der Waals surface area contributed by atoms with Gasteiger partial charge in [-0.05, 0) is 37.5 Å². The van der Waals surface area contributed by atoms with E-state index in [1.54, 1.807) is 18.2 Å². The van der Waals surface area contributed by atoms with Crippen molar-refractivity contribution in [2.24, 2.45) is 5.92 Å². The third kappa shape index (κ3) is 3.92. The SMILES string of the molecule is O=C(NNC(=O)[C@@H]1CC=CCC1)c1cccc(Br)c1. The zero-order chi connectivity index (χ0) is 13.7. The predicted octanol–water partition coefficient (Wildman–Crippen LogP) is 2.57. The average Bonchev–Trinajstić information content (AvgIpc) is 2.45. The lowest BCUT2D eigenvalue weighted by molar-refractivity contribution is -0.126. The normalized spacial score (nSPS) is 17.8. The van der Waals surface area contributed by atoms with E-state index in [1.165, 1.54) is 0 Å². The van der Waals surface area contributed by atoms with Gasteiger partial charge in [-0.2, -0.15) is 0 Å². The van der Waals surface area contributed by atoms with E-state index in [4.69, 9.17) is 0 Å². The number of benzene rings is 1. The van der Waals surface area contributed by atoms with Gasteiger partial charge in [-0.25, -0.2) is 0 Å². The molecule has 100 valence electrons. The Kier molecular flexibility index (Phi) is 4.74. The summed E-state index contributed by atoms with van der Waals surface area (Å²) in [7, 11) is 0. The fraction of sp³-hybridized carbons (Fsp3) is 0.286. The molecule has 1 aliphatic rings. The molecule has 0 fully saturated rings. The summed E-state index contributed by atoms with van der Waals surface area (Å²) in [5, 5.41) is 0. The molecule has 1 atom stereocenters. The number of hydrazine groups is 1. The van der Waals surface area contributed by atoms with Gasteiger partial charge in [-0.15, -0.1) is 0 Å². The summed E-state index contributed by atoms with van der Waals surface area (Å²) in [4.78, 5) is 23.7. The molecule has 2 N–H and O–H groups in total. The molecule has 5 heteroatoms. The highest BCUT2D eigenvalue weighted by Gasteiger charge is 2.19. The van der Waals surface area contributed by atoms with Gasteiger partial charge in [0.2, 0.25) is 5.91 Å². The number of halogens is 1. The molecule has 0 radical (unpaired) electrons. The highest BCUT2D eigenvalue weighted by Crippen LogP contribution is 2.17. The standard InChI is InChI=1S/C14H15BrN2O2/c15-12-8-4-7-11(9-12)14(19)17-16-13(18)10-5-2-1-3-6-10/h1-2,4,7-10H,3,5-6H2,(H,16,18)(H,17,19)/t10-/m1/s1. The monoisotopic (exact) mass is 322 g/mol. The summed E-state index contributed by atoms with van der Waals surface area (Å²) in [6.07, 6.45) is 6.55. The van der Waals surface area contributed by atoms with E-state index in [1.807, 2.05) is 12.1 Å². The molecule has 2 rings (SSSR count). The van der Waals surface area contributed by atoms with Crippen LogP contribution in [0.15, 0.2) is 40.9 Å². The van der Waals surface area contributed by atoms with Crippen LogP contribution in [0.1, 0.15) is 29.6 Å². The molecule has 0 aliphatic heterocycles. The molecule has 0 aromatic heterocycles. The van der Waals surface area contributed by atoms with Crippen LogP contribution in [-0.4, -0.2) is 11.8 Å². The Bertz CT molecular complexity index is 514. The van der Waals surface area contributed by atoms with Crippen molar-refractivity contribution in [2.75, 3.05) is 0 Å². The Labute approximate surface area is 120 Å². The van der Waals surface area contributed by atoms with Crippen molar-refractivity contribution < 1.29 is 9.59 Å². The number of carbonyl (C=O) groups is 2. The van der Waals surface area contributed by atoms with Gasteiger partial charge in [0.15, 0.2) is 0 Å². The minimum absolute atomic E-state index is 0.0483. The van der Waals surface area contributed by atoms with Gasteiger partial charge in [0.25, 0.3) is 5.91 Å². The van der Waals surface area contributed by atoms with E-state index in [9.17, 15) is 9.59 Å². The lowest BCUT2D eigenvalue weighted by atomic mass is 9.94. The van der Waals surface area contributed by atoms with Gasteiger partial charge in [0.1, 0.15) is 0 Å². The molecule has 1 aliphatic carbocycles. The van der Waals surface area contributed by atoms with Gasteiger partial charge in [-0.3, -0.25) is 20.4 Å². The molecule has 1 aromatic carbocycles. The number of rotatable bonds is 2. The molecule has 0 bridgehead atoms. The molecule has 0 saturated carbocycles. The number of nitrogens with one attached hydrogen (secondary N) is 2. The molecule has 0 saturated heterocycles. The van der Waals surface area contributed by atoms with Crippen LogP contribution in [0.2, 0.25) is 0 Å². The molecule has 2 amide bonds. The van der Waals surface area contributed by atoms with Crippen LogP contribution in [-0.2, 0) is 4.79 Å². The van der Waals surface area contributed by atoms with Crippen molar-refractivity contribution >= 4 is 27.7 Å². The van der Waals surface area contributed by atoms with Crippen molar-refractivity contribution in [1.82, 2.24) is 10.9 Å². The van der Waals surface area contributed by atoms with Crippen LogP contribution >= 0.6 is 15.9 Å². The minimum Gasteiger partial charge on any atom is -0.273 e. The van der Waals surface area contributed by atoms with Gasteiger partial charge in [0, 0.05) is 16.0 Å². The largest absolute Gasteiger partial charge is 0.273 e. The third-order valence-corrected chi connectivity index (χ3v) is 3.52. The van der Waals surface area contributed by atoms with Crippen molar-refractivity contribution in [3.63, 3.8) is 0 Å². The maximum atomic E-state index is 11.8. The quantitative estimate of drug-likeness (QED) is 0.649. The summed E-state index contributed by atoms with van der Waals surface area (Å²) >= 11 is 3.30. The Hall–Kier alpha value is -1.62. The lowest BCUT2D eigenvalue weighted by Gasteiger charge is -2.17. The first-order valence-electron chi connectivity index (χ1n) is 6.17. The predicted molar refractivity (Wildman–Crippen MR) is 76.2 cm³/mol. The second-order valence-corrected chi connectivity index (χ2v) is 5.35. The Morgan fingerprint density at radius 1 is 1.21 bits per heavy atom. The number of hydrogen-bond donors (Lipinski definition) is 2. The van der Waals surface area contributed by atoms with E-state index >= 15 is 0 Å². The molecule has 4 nitrogen and oxygen atoms in total. The van der Waals surface area contributed by atoms with E-state index in [0.29, 0.717) is 5.56 Å². The second-order valence-electron chi connectivity index (χ2n) is 4.44. The summed E-state index contributed by atoms with van der Waals surface area (Å²) in [5.41, 5.74) is 5.42. The van der Waals surface area contributed by atoms with Gasteiger partial charge in [0.05, 0.1) is 0 Å². The maximum Gasteiger partial charge on any atom is 0.269 e. The lowest BCUT2D eigenvalue weighted by Crippen LogP contribution is -2.44. The molecule has 19 heavy (non-hydrogen) atoms. The van der Waals surface area contributed by atoms with Gasteiger partial charge < -0.3 is 0 Å². The van der Waals surface area contributed by atoms with Crippen LogP contribution in [0.25, 0.3) is 0 Å². The van der Waals surface area contributed by atoms with E-state index in [2.05, 4.69) is 32.9 Å². The van der Waals surface area contributed by atoms with Crippen LogP contribution in [0.5, 0.6) is 0 Å². The maximum absolute atomic E-state index is 11.8. The van der Waals surface area contributed by atoms with E-state index in [0.717, 1.165) is 23.7 Å². The number of allylic oxidation sites excluding steroid dienone is 2. The van der Waals surface area contributed by atoms with E-state index in [-0.39, 0.29) is 17.7 Å². The smallest absolute Gasteiger partial charge is 0.269 e. The molecule has 0 spiro atoms. The van der Waals surface area contributed by atoms with Crippen LogP contribution in [0.3, 0.4) is 0 Å². The van der Waals surface area contributed by atoms with E-state index < -0.39 is 0 Å². The number of hydrogen-bond acceptors (Lipinski definition) is 2. The topological polar surface area (TPSA) is 58.2 Å². The first-order chi connectivity index (χ1) is 9.16. The molecule has 1 aromatic rings. The summed E-state index contributed by atoms with van der Waals surface area (Å²) in [5.74, 6) is -0.499. The summed E-state index contributed by atoms with van der Waals surface area (Å²) in [6, 6.07) is 7.00. The van der Waals surface area contributed by atoms with Crippen molar-refractivity contribution in [2.45, 2.75) is 19.3 Å². The van der Waals surface area contributed by atoms with Crippen molar-refractivity contribution in [3.8, 4) is 0 Å². The number of amides is 2. The van der Waals surface area contributed by atoms with Crippen LogP contribution in [0, 0.1) is 5.92 Å². The minimum atomic E-state index is -0.319. The van der Waals surface area contributed by atoms with Crippen LogP contribution in [0.4, 0.5) is 0 Å². The van der Waals surface area contributed by atoms with Gasteiger partial charge in [-0.1, -0.05) is 34.1 Å². The summed E-state index contributed by atoms with van der Waals surface area (Å²) < 4.78 is 0.823. The average molecular weight is 323 g/mol. The fourth-order valence-electron chi connectivity index (χ4n) is 1.95. The molecular formula is C14H15BrN2O2. The zero-order valence-electron chi connectivity index (χ0n) is 10.4. The molecular weight excluding hydrogens is 308 g/mol. The summed E-state index contributed by atoms with van der Waals surface area (Å²) in [6.45, 7) is 0. The Morgan fingerprint density at radius 2 is 2.05 bits per heavy atom. The molecule has 0 heterocycles. The van der Waals surface area contributed by atoms with Gasteiger partial charge >= 0.3 is 0 Å². The van der Waals surface area contributed by atoms with Crippen molar-refractivity contribution in [3.05, 3.63) is 46.5 Å². The zero-order valence-corrected chi connectivity index (χ0v) is 11.9. The Morgan fingerprint density at radius 3 is 2.74 bits per heavy atom.